The van der Waals surface area contributed by atoms with Gasteiger partial charge in [-0.1, -0.05) is 19.8 Å². The highest BCUT2D eigenvalue weighted by Gasteiger charge is 2.40. The molecule has 0 N–H and O–H groups in total. The Hall–Kier alpha value is -0.280. The molecule has 0 aromatic heterocycles. The highest BCUT2D eigenvalue weighted by atomic mass is 15.2. The van der Waals surface area contributed by atoms with Crippen LogP contribution < -0.4 is 0 Å². The summed E-state index contributed by atoms with van der Waals surface area (Å²) in [6.07, 6.45) is 23.3. The SMILES string of the molecule is CC1CCC2(CC1)CCN(C)CC2.CN1CCC2(CC1)CCN(C)C2.CN1CCC2(CC1)CCN(C)C2.CN1CCC2(CC1)CCN(C)CC2. The number of piperidine rings is 5. The molecule has 7 heteroatoms. The van der Waals surface area contributed by atoms with Crippen molar-refractivity contribution in [3.63, 3.8) is 0 Å². The minimum absolute atomic E-state index is 0.710. The van der Waals surface area contributed by atoms with Crippen LogP contribution in [0.15, 0.2) is 0 Å². The van der Waals surface area contributed by atoms with E-state index in [1.807, 2.05) is 0 Å². The second kappa shape index (κ2) is 18.4. The highest BCUT2D eigenvalue weighted by Crippen LogP contribution is 2.46. The molecule has 0 aromatic carbocycles. The molecule has 7 saturated heterocycles. The molecule has 1 aliphatic carbocycles. The summed E-state index contributed by atoms with van der Waals surface area (Å²) >= 11 is 0. The van der Waals surface area contributed by atoms with Crippen LogP contribution in [0.2, 0.25) is 0 Å². The van der Waals surface area contributed by atoms with Gasteiger partial charge in [0.1, 0.15) is 0 Å². The molecule has 1 saturated carbocycles. The van der Waals surface area contributed by atoms with Gasteiger partial charge < -0.3 is 34.3 Å². The summed E-state index contributed by atoms with van der Waals surface area (Å²) in [4.78, 5) is 17.3. The van der Waals surface area contributed by atoms with Gasteiger partial charge in [0.05, 0.1) is 0 Å². The minimum Gasteiger partial charge on any atom is -0.306 e. The molecule has 0 atom stereocenters. The van der Waals surface area contributed by atoms with Crippen molar-refractivity contribution in [1.82, 2.24) is 34.3 Å². The van der Waals surface area contributed by atoms with Gasteiger partial charge in [0.2, 0.25) is 0 Å². The first kappa shape index (κ1) is 40.9. The Labute approximate surface area is 311 Å². The highest BCUT2D eigenvalue weighted by molar-refractivity contribution is 4.94. The molecule has 7 heterocycles. The molecule has 7 aliphatic heterocycles. The fourth-order valence-electron chi connectivity index (χ4n) is 11.0. The zero-order chi connectivity index (χ0) is 35.8. The lowest BCUT2D eigenvalue weighted by atomic mass is 9.66. The van der Waals surface area contributed by atoms with E-state index in [0.717, 1.165) is 16.7 Å². The van der Waals surface area contributed by atoms with E-state index in [2.05, 4.69) is 90.6 Å². The minimum atomic E-state index is 0.710. The van der Waals surface area contributed by atoms with Crippen molar-refractivity contribution < 1.29 is 0 Å². The number of hydrogen-bond acceptors (Lipinski definition) is 7. The Bertz CT molecular complexity index is 829. The largest absolute Gasteiger partial charge is 0.306 e. The maximum absolute atomic E-state index is 2.49. The normalized spacial score (nSPS) is 31.2. The van der Waals surface area contributed by atoms with Crippen LogP contribution in [0.4, 0.5) is 0 Å². The Morgan fingerprint density at radius 1 is 0.280 bits per heavy atom. The van der Waals surface area contributed by atoms with Crippen molar-refractivity contribution in [3.05, 3.63) is 0 Å². The molecule has 0 bridgehead atoms. The topological polar surface area (TPSA) is 22.7 Å². The van der Waals surface area contributed by atoms with Gasteiger partial charge in [-0.05, 0) is 245 Å². The molecule has 0 unspecified atom stereocenters. The maximum Gasteiger partial charge on any atom is 0.00364 e. The van der Waals surface area contributed by atoms with Crippen molar-refractivity contribution in [3.8, 4) is 0 Å². The van der Waals surface area contributed by atoms with Gasteiger partial charge in [0, 0.05) is 13.1 Å². The third-order valence-corrected chi connectivity index (χ3v) is 15.8. The van der Waals surface area contributed by atoms with E-state index in [-0.39, 0.29) is 0 Å². The Morgan fingerprint density at radius 2 is 0.480 bits per heavy atom. The summed E-state index contributed by atoms with van der Waals surface area (Å²) in [5.74, 6) is 1.00. The van der Waals surface area contributed by atoms with E-state index >= 15 is 0 Å². The molecule has 8 rings (SSSR count). The predicted molar refractivity (Wildman–Crippen MR) is 215 cm³/mol. The number of rotatable bonds is 0. The van der Waals surface area contributed by atoms with Crippen LogP contribution >= 0.6 is 0 Å². The molecule has 292 valence electrons. The number of likely N-dealkylation sites (tertiary alicyclic amines) is 7. The zero-order valence-corrected chi connectivity index (χ0v) is 34.9. The van der Waals surface area contributed by atoms with Crippen molar-refractivity contribution in [2.75, 3.05) is 141 Å². The maximum atomic E-state index is 2.49. The number of nitrogens with zero attached hydrogens (tertiary/aromatic N) is 7. The van der Waals surface area contributed by atoms with Crippen LogP contribution in [0, 0.1) is 27.6 Å². The summed E-state index contributed by atoms with van der Waals surface area (Å²) in [5, 5.41) is 0. The van der Waals surface area contributed by atoms with Crippen molar-refractivity contribution in [2.45, 2.75) is 110 Å². The third kappa shape index (κ3) is 11.9. The van der Waals surface area contributed by atoms with Gasteiger partial charge in [-0.3, -0.25) is 0 Å². The van der Waals surface area contributed by atoms with Crippen molar-refractivity contribution >= 4 is 0 Å². The lowest BCUT2D eigenvalue weighted by molar-refractivity contribution is 0.0519. The summed E-state index contributed by atoms with van der Waals surface area (Å²) < 4.78 is 0. The van der Waals surface area contributed by atoms with Crippen LogP contribution in [0.1, 0.15) is 110 Å². The third-order valence-electron chi connectivity index (χ3n) is 15.8. The summed E-state index contributed by atoms with van der Waals surface area (Å²) in [5.41, 5.74) is 2.93. The van der Waals surface area contributed by atoms with Gasteiger partial charge in [-0.2, -0.15) is 0 Å². The number of hydrogen-bond donors (Lipinski definition) is 0. The molecule has 0 radical (unpaired) electrons. The van der Waals surface area contributed by atoms with E-state index in [1.54, 1.807) is 0 Å². The zero-order valence-electron chi connectivity index (χ0n) is 34.9. The van der Waals surface area contributed by atoms with Gasteiger partial charge in [-0.15, -0.1) is 0 Å². The van der Waals surface area contributed by atoms with E-state index in [4.69, 9.17) is 0 Å². The van der Waals surface area contributed by atoms with Crippen molar-refractivity contribution in [1.29, 1.82) is 0 Å². The quantitative estimate of drug-likeness (QED) is 0.289. The van der Waals surface area contributed by atoms with Crippen LogP contribution in [0.3, 0.4) is 0 Å². The molecule has 0 amide bonds. The van der Waals surface area contributed by atoms with Crippen LogP contribution in [-0.2, 0) is 0 Å². The second-order valence-corrected chi connectivity index (χ2v) is 20.2. The molecule has 4 spiro atoms. The monoisotopic (exact) mass is 700 g/mol. The first-order valence-electron chi connectivity index (χ1n) is 21.6. The lowest BCUT2D eigenvalue weighted by Crippen LogP contribution is -2.44. The van der Waals surface area contributed by atoms with Gasteiger partial charge in [0.15, 0.2) is 0 Å². The second-order valence-electron chi connectivity index (χ2n) is 20.2. The van der Waals surface area contributed by atoms with Crippen molar-refractivity contribution in [2.24, 2.45) is 27.6 Å². The first-order chi connectivity index (χ1) is 23.8. The average molecular weight is 700 g/mol. The Balaban J connectivity index is 0.000000130. The molecule has 8 aliphatic rings. The molecule has 7 nitrogen and oxygen atoms in total. The molecule has 0 aromatic rings. The summed E-state index contributed by atoms with van der Waals surface area (Å²) in [6, 6.07) is 0. The van der Waals surface area contributed by atoms with E-state index in [0.29, 0.717) is 10.8 Å². The van der Waals surface area contributed by atoms with Crippen LogP contribution in [0.25, 0.3) is 0 Å². The Kier molecular flexibility index (Phi) is 15.0. The molecular formula is C43H85N7. The lowest BCUT2D eigenvalue weighted by Gasteiger charge is -2.45. The predicted octanol–water partition coefficient (Wildman–Crippen LogP) is 6.40. The molecular weight excluding hydrogens is 615 g/mol. The van der Waals surface area contributed by atoms with E-state index in [1.165, 1.54) is 194 Å². The fourth-order valence-corrected chi connectivity index (χ4v) is 11.0. The van der Waals surface area contributed by atoms with Gasteiger partial charge in [-0.25, -0.2) is 0 Å². The van der Waals surface area contributed by atoms with Crippen LogP contribution in [-0.4, -0.2) is 175 Å². The standard InChI is InChI=1S/C12H23N.C11H22N2.2C10H20N2/c1-11-3-5-12(6-4-11)7-9-13(2)10-8-12;1-12-7-3-11(4-8-12)5-9-13(2)10-6-11;2*1-11-6-3-10(4-7-11)5-8-12(2)9-10/h11H,3-10H2,1-2H3;3-10H2,1-2H3;2*3-9H2,1-2H3. The van der Waals surface area contributed by atoms with Gasteiger partial charge >= 0.3 is 0 Å². The van der Waals surface area contributed by atoms with E-state index < -0.39 is 0 Å². The van der Waals surface area contributed by atoms with Crippen LogP contribution in [0.5, 0.6) is 0 Å². The molecule has 50 heavy (non-hydrogen) atoms. The first-order valence-corrected chi connectivity index (χ1v) is 21.6. The van der Waals surface area contributed by atoms with E-state index in [9.17, 15) is 0 Å². The van der Waals surface area contributed by atoms with Gasteiger partial charge in [0.25, 0.3) is 0 Å². The smallest absolute Gasteiger partial charge is 0.00364 e. The Morgan fingerprint density at radius 3 is 0.720 bits per heavy atom. The average Bonchev–Trinajstić information content (AvgIpc) is 3.68. The summed E-state index contributed by atoms with van der Waals surface area (Å²) in [7, 11) is 15.8. The molecule has 8 fully saturated rings. The fraction of sp³-hybridized carbons (Fsp3) is 1.00. The summed E-state index contributed by atoms with van der Waals surface area (Å²) in [6.45, 7) is 21.0.